The van der Waals surface area contributed by atoms with Crippen molar-refractivity contribution in [2.75, 3.05) is 20.2 Å². The number of hydrogen-bond acceptors (Lipinski definition) is 5. The predicted molar refractivity (Wildman–Crippen MR) is 87.7 cm³/mol. The Morgan fingerprint density at radius 1 is 1.45 bits per heavy atom. The highest BCUT2D eigenvalue weighted by atomic mass is 35.5. The van der Waals surface area contributed by atoms with Gasteiger partial charge in [-0.05, 0) is 36.5 Å². The van der Waals surface area contributed by atoms with Gasteiger partial charge >= 0.3 is 5.97 Å². The van der Waals surface area contributed by atoms with Crippen molar-refractivity contribution >= 4 is 34.4 Å². The molecule has 0 spiro atoms. The minimum Gasteiger partial charge on any atom is -0.468 e. The minimum atomic E-state index is -0.489. The van der Waals surface area contributed by atoms with E-state index in [1.165, 1.54) is 18.9 Å². The van der Waals surface area contributed by atoms with Crippen molar-refractivity contribution in [3.05, 3.63) is 34.4 Å². The standard InChI is InChI=1S/C16H18ClNO3S/c1-21-16(20)15(11-4-2-3-5-12(11)17)18-7-6-13-10(9-18)8-14(19)22-13/h4-5,8,13,15H,2-3,6-7,9H2,1H3/t13?,15-/m0/s1. The van der Waals surface area contributed by atoms with Crippen LogP contribution in [0.15, 0.2) is 34.4 Å². The summed E-state index contributed by atoms with van der Waals surface area (Å²) in [4.78, 5) is 26.0. The molecule has 4 nitrogen and oxygen atoms in total. The zero-order valence-corrected chi connectivity index (χ0v) is 14.0. The molecule has 0 radical (unpaired) electrons. The van der Waals surface area contributed by atoms with Gasteiger partial charge in [0.15, 0.2) is 0 Å². The molecule has 0 aromatic rings. The molecule has 2 heterocycles. The van der Waals surface area contributed by atoms with Gasteiger partial charge in [-0.2, -0.15) is 0 Å². The van der Waals surface area contributed by atoms with Crippen molar-refractivity contribution in [3.63, 3.8) is 0 Å². The summed E-state index contributed by atoms with van der Waals surface area (Å²) >= 11 is 7.70. The highest BCUT2D eigenvalue weighted by Gasteiger charge is 2.38. The largest absolute Gasteiger partial charge is 0.468 e. The Bertz CT molecular complexity index is 596. The van der Waals surface area contributed by atoms with Gasteiger partial charge in [0, 0.05) is 23.4 Å². The van der Waals surface area contributed by atoms with Crippen LogP contribution in [-0.2, 0) is 14.3 Å². The molecular formula is C16H18ClNO3S. The number of likely N-dealkylation sites (tertiary alicyclic amines) is 1. The maximum absolute atomic E-state index is 12.3. The first kappa shape index (κ1) is 15.8. The average molecular weight is 340 g/mol. The number of ether oxygens (including phenoxy) is 1. The van der Waals surface area contributed by atoms with E-state index in [4.69, 9.17) is 16.3 Å². The topological polar surface area (TPSA) is 46.6 Å². The van der Waals surface area contributed by atoms with E-state index in [1.54, 1.807) is 6.08 Å². The van der Waals surface area contributed by atoms with Gasteiger partial charge in [0.25, 0.3) is 0 Å². The van der Waals surface area contributed by atoms with Crippen LogP contribution in [0.3, 0.4) is 0 Å². The number of rotatable bonds is 3. The Labute approximate surface area is 139 Å². The van der Waals surface area contributed by atoms with Gasteiger partial charge in [0.1, 0.15) is 6.04 Å². The molecule has 1 aliphatic carbocycles. The molecule has 2 aliphatic heterocycles. The number of methoxy groups -OCH3 is 1. The quantitative estimate of drug-likeness (QED) is 0.740. The third kappa shape index (κ3) is 3.03. The van der Waals surface area contributed by atoms with E-state index in [1.807, 2.05) is 12.2 Å². The molecule has 2 atom stereocenters. The van der Waals surface area contributed by atoms with Crippen molar-refractivity contribution in [2.45, 2.75) is 30.6 Å². The van der Waals surface area contributed by atoms with Gasteiger partial charge in [-0.1, -0.05) is 35.5 Å². The van der Waals surface area contributed by atoms with Gasteiger partial charge in [-0.3, -0.25) is 9.69 Å². The Kier molecular flexibility index (Phi) is 4.76. The zero-order chi connectivity index (χ0) is 15.7. The first-order valence-corrected chi connectivity index (χ1v) is 8.65. The molecule has 1 saturated heterocycles. The number of fused-ring (bicyclic) bond motifs is 1. The first-order valence-electron chi connectivity index (χ1n) is 7.39. The summed E-state index contributed by atoms with van der Waals surface area (Å²) in [5.41, 5.74) is 1.93. The molecule has 22 heavy (non-hydrogen) atoms. The van der Waals surface area contributed by atoms with Crippen LogP contribution in [0.2, 0.25) is 0 Å². The van der Waals surface area contributed by atoms with Crippen LogP contribution in [0.4, 0.5) is 0 Å². The highest BCUT2D eigenvalue weighted by molar-refractivity contribution is 8.15. The number of thioether (sulfide) groups is 1. The summed E-state index contributed by atoms with van der Waals surface area (Å²) in [5.74, 6) is -0.296. The molecule has 3 rings (SSSR count). The normalized spacial score (nSPS) is 26.7. The van der Waals surface area contributed by atoms with Crippen LogP contribution in [-0.4, -0.2) is 47.5 Å². The molecule has 0 N–H and O–H groups in total. The van der Waals surface area contributed by atoms with Crippen molar-refractivity contribution < 1.29 is 14.3 Å². The number of carbonyl (C=O) groups excluding carboxylic acids is 2. The van der Waals surface area contributed by atoms with Gasteiger partial charge in [0.05, 0.1) is 7.11 Å². The fourth-order valence-corrected chi connectivity index (χ4v) is 4.50. The number of halogens is 1. The van der Waals surface area contributed by atoms with Crippen LogP contribution in [0.25, 0.3) is 0 Å². The second kappa shape index (κ2) is 6.60. The molecular weight excluding hydrogens is 322 g/mol. The maximum atomic E-state index is 12.3. The van der Waals surface area contributed by atoms with Crippen molar-refractivity contribution in [1.29, 1.82) is 0 Å². The fraction of sp³-hybridized carbons (Fsp3) is 0.500. The summed E-state index contributed by atoms with van der Waals surface area (Å²) in [7, 11) is 1.40. The minimum absolute atomic E-state index is 0.117. The lowest BCUT2D eigenvalue weighted by molar-refractivity contribution is -0.145. The van der Waals surface area contributed by atoms with Crippen LogP contribution >= 0.6 is 23.4 Å². The summed E-state index contributed by atoms with van der Waals surface area (Å²) in [6.07, 6.45) is 8.33. The third-order valence-corrected chi connectivity index (χ3v) is 5.80. The second-order valence-electron chi connectivity index (χ2n) is 5.62. The number of hydrogen-bond donors (Lipinski definition) is 0. The summed E-state index contributed by atoms with van der Waals surface area (Å²) in [6.45, 7) is 1.37. The Balaban J connectivity index is 1.86. The number of carbonyl (C=O) groups is 2. The smallest absolute Gasteiger partial charge is 0.327 e. The van der Waals surface area contributed by atoms with Crippen LogP contribution in [0.1, 0.15) is 19.3 Å². The lowest BCUT2D eigenvalue weighted by Gasteiger charge is -2.37. The third-order valence-electron chi connectivity index (χ3n) is 4.25. The lowest BCUT2D eigenvalue weighted by Crippen LogP contribution is -2.48. The van der Waals surface area contributed by atoms with E-state index in [2.05, 4.69) is 4.90 Å². The van der Waals surface area contributed by atoms with Gasteiger partial charge in [-0.15, -0.1) is 0 Å². The van der Waals surface area contributed by atoms with Gasteiger partial charge in [-0.25, -0.2) is 4.79 Å². The molecule has 6 heteroatoms. The predicted octanol–water partition coefficient (Wildman–Crippen LogP) is 2.65. The maximum Gasteiger partial charge on any atom is 0.327 e. The molecule has 1 unspecified atom stereocenters. The summed E-state index contributed by atoms with van der Waals surface area (Å²) in [5, 5.41) is 1.02. The number of nitrogens with zero attached hydrogens (tertiary/aromatic N) is 1. The number of esters is 1. The molecule has 0 saturated carbocycles. The van der Waals surface area contributed by atoms with Gasteiger partial charge < -0.3 is 4.74 Å². The molecule has 0 bridgehead atoms. The highest BCUT2D eigenvalue weighted by Crippen LogP contribution is 2.37. The van der Waals surface area contributed by atoms with E-state index < -0.39 is 6.04 Å². The molecule has 1 fully saturated rings. The van der Waals surface area contributed by atoms with Crippen molar-refractivity contribution in [1.82, 2.24) is 4.90 Å². The zero-order valence-electron chi connectivity index (χ0n) is 12.4. The van der Waals surface area contributed by atoms with E-state index in [9.17, 15) is 9.59 Å². The van der Waals surface area contributed by atoms with E-state index >= 15 is 0 Å². The Hall–Kier alpha value is -1.04. The lowest BCUT2D eigenvalue weighted by atomic mass is 9.95. The van der Waals surface area contributed by atoms with Crippen molar-refractivity contribution in [3.8, 4) is 0 Å². The Morgan fingerprint density at radius 2 is 2.23 bits per heavy atom. The monoisotopic (exact) mass is 339 g/mol. The molecule has 0 aromatic carbocycles. The second-order valence-corrected chi connectivity index (χ2v) is 7.23. The number of piperidine rings is 1. The van der Waals surface area contributed by atoms with Crippen LogP contribution < -0.4 is 0 Å². The fourth-order valence-electron chi connectivity index (χ4n) is 3.19. The van der Waals surface area contributed by atoms with E-state index in [-0.39, 0.29) is 16.3 Å². The number of allylic oxidation sites excluding steroid dienone is 2. The molecule has 118 valence electrons. The molecule has 0 amide bonds. The van der Waals surface area contributed by atoms with E-state index in [0.29, 0.717) is 11.6 Å². The first-order chi connectivity index (χ1) is 10.6. The average Bonchev–Trinajstić information content (AvgIpc) is 2.88. The van der Waals surface area contributed by atoms with E-state index in [0.717, 1.165) is 37.0 Å². The van der Waals surface area contributed by atoms with Gasteiger partial charge in [0.2, 0.25) is 5.12 Å². The Morgan fingerprint density at radius 3 is 2.95 bits per heavy atom. The SMILES string of the molecule is COC(=O)[C@H](C1=CCCC=C1Cl)N1CCC2SC(=O)C=C2C1. The summed E-state index contributed by atoms with van der Waals surface area (Å²) in [6, 6.07) is -0.489. The molecule has 0 aromatic heterocycles. The van der Waals surface area contributed by atoms with Crippen molar-refractivity contribution in [2.24, 2.45) is 0 Å². The van der Waals surface area contributed by atoms with Crippen LogP contribution in [0.5, 0.6) is 0 Å². The summed E-state index contributed by atoms with van der Waals surface area (Å²) < 4.78 is 5.00. The van der Waals surface area contributed by atoms with Crippen LogP contribution in [0, 0.1) is 0 Å². The molecule has 3 aliphatic rings.